The van der Waals surface area contributed by atoms with Gasteiger partial charge < -0.3 is 19.0 Å². The fourth-order valence-electron chi connectivity index (χ4n) is 3.27. The van der Waals surface area contributed by atoms with Gasteiger partial charge in [0.05, 0.1) is 6.54 Å². The molecule has 0 saturated carbocycles. The maximum atomic E-state index is 12.8. The van der Waals surface area contributed by atoms with Crippen LogP contribution in [0, 0.1) is 0 Å². The van der Waals surface area contributed by atoms with E-state index in [2.05, 4.69) is 10.2 Å². The van der Waals surface area contributed by atoms with Gasteiger partial charge in [0.25, 0.3) is 5.91 Å². The van der Waals surface area contributed by atoms with Crippen LogP contribution in [0.25, 0.3) is 11.4 Å². The van der Waals surface area contributed by atoms with Crippen molar-refractivity contribution in [1.29, 1.82) is 0 Å². The van der Waals surface area contributed by atoms with E-state index in [0.717, 1.165) is 11.4 Å². The maximum Gasteiger partial charge on any atom is 0.339 e. The number of carbonyl (C=O) groups is 2. The Balaban J connectivity index is 1.58. The zero-order valence-electron chi connectivity index (χ0n) is 14.8. The van der Waals surface area contributed by atoms with Crippen LogP contribution < -0.4 is 0 Å². The summed E-state index contributed by atoms with van der Waals surface area (Å²) in [7, 11) is 0. The van der Waals surface area contributed by atoms with Crippen LogP contribution in [0.2, 0.25) is 0 Å². The molecule has 1 aliphatic rings. The summed E-state index contributed by atoms with van der Waals surface area (Å²) in [6, 6.07) is 11.1. The summed E-state index contributed by atoms with van der Waals surface area (Å²) >= 11 is 0. The highest BCUT2D eigenvalue weighted by molar-refractivity contribution is 5.96. The van der Waals surface area contributed by atoms with Crippen LogP contribution in [-0.2, 0) is 19.5 Å². The van der Waals surface area contributed by atoms with Crippen molar-refractivity contribution < 1.29 is 19.1 Å². The molecular weight excluding hydrogens is 348 g/mol. The minimum atomic E-state index is -1.10. The molecule has 0 unspecified atom stereocenters. The highest BCUT2D eigenvalue weighted by Crippen LogP contribution is 2.24. The third kappa shape index (κ3) is 2.99. The van der Waals surface area contributed by atoms with E-state index in [1.54, 1.807) is 11.8 Å². The quantitative estimate of drug-likeness (QED) is 0.761. The standard InChI is InChI=1S/C19H18N4O4/c1-2-14-13(19(25)26)10-15(27-14)18(24)22-8-9-23-16(11-22)20-21-17(23)12-6-4-3-5-7-12/h3-7,10H,2,8-9,11H2,1H3,(H,25,26). The molecule has 0 atom stereocenters. The second-order valence-corrected chi connectivity index (χ2v) is 6.29. The molecular formula is C19H18N4O4. The maximum absolute atomic E-state index is 12.8. The molecule has 0 saturated heterocycles. The molecule has 1 aliphatic heterocycles. The number of aromatic carboxylic acids is 1. The topological polar surface area (TPSA) is 101 Å². The lowest BCUT2D eigenvalue weighted by atomic mass is 10.2. The van der Waals surface area contributed by atoms with Crippen LogP contribution in [0.5, 0.6) is 0 Å². The van der Waals surface area contributed by atoms with E-state index < -0.39 is 5.97 Å². The number of benzene rings is 1. The molecule has 0 radical (unpaired) electrons. The second kappa shape index (κ2) is 6.71. The van der Waals surface area contributed by atoms with Gasteiger partial charge >= 0.3 is 5.97 Å². The number of fused-ring (bicyclic) bond motifs is 1. The van der Waals surface area contributed by atoms with Gasteiger partial charge in [-0.2, -0.15) is 0 Å². The first kappa shape index (κ1) is 17.0. The fourth-order valence-corrected chi connectivity index (χ4v) is 3.27. The van der Waals surface area contributed by atoms with Crippen LogP contribution in [-0.4, -0.2) is 43.2 Å². The van der Waals surface area contributed by atoms with Crippen LogP contribution in [0.3, 0.4) is 0 Å². The van der Waals surface area contributed by atoms with Gasteiger partial charge in [0.2, 0.25) is 0 Å². The van der Waals surface area contributed by atoms with Crippen LogP contribution in [0.15, 0.2) is 40.8 Å². The van der Waals surface area contributed by atoms with Crippen LogP contribution >= 0.6 is 0 Å². The van der Waals surface area contributed by atoms with E-state index in [0.29, 0.717) is 37.6 Å². The average Bonchev–Trinajstić information content (AvgIpc) is 3.32. The number of furan rings is 1. The van der Waals surface area contributed by atoms with Gasteiger partial charge in [-0.25, -0.2) is 4.79 Å². The largest absolute Gasteiger partial charge is 0.478 e. The lowest BCUT2D eigenvalue weighted by molar-refractivity contribution is 0.0670. The highest BCUT2D eigenvalue weighted by atomic mass is 16.4. The van der Waals surface area contributed by atoms with E-state index in [1.165, 1.54) is 6.07 Å². The molecule has 2 aromatic heterocycles. The highest BCUT2D eigenvalue weighted by Gasteiger charge is 2.29. The summed E-state index contributed by atoms with van der Waals surface area (Å²) in [5, 5.41) is 17.7. The molecule has 1 aromatic carbocycles. The van der Waals surface area contributed by atoms with Crippen molar-refractivity contribution >= 4 is 11.9 Å². The number of carboxylic acid groups (broad SMARTS) is 1. The predicted molar refractivity (Wildman–Crippen MR) is 95.2 cm³/mol. The first-order valence-corrected chi connectivity index (χ1v) is 8.71. The molecule has 3 heterocycles. The number of hydrogen-bond donors (Lipinski definition) is 1. The Morgan fingerprint density at radius 3 is 2.63 bits per heavy atom. The summed E-state index contributed by atoms with van der Waals surface area (Å²) in [6.07, 6.45) is 0.406. The van der Waals surface area contributed by atoms with Crippen molar-refractivity contribution in [2.75, 3.05) is 6.54 Å². The average molecular weight is 366 g/mol. The van der Waals surface area contributed by atoms with Gasteiger partial charge in [-0.3, -0.25) is 4.79 Å². The Bertz CT molecular complexity index is 1010. The second-order valence-electron chi connectivity index (χ2n) is 6.29. The number of aryl methyl sites for hydroxylation is 1. The third-order valence-corrected chi connectivity index (χ3v) is 4.64. The van der Waals surface area contributed by atoms with Crippen molar-refractivity contribution in [1.82, 2.24) is 19.7 Å². The Labute approximate surface area is 155 Å². The fraction of sp³-hybridized carbons (Fsp3) is 0.263. The summed E-state index contributed by atoms with van der Waals surface area (Å²) in [6.45, 7) is 3.11. The van der Waals surface area contributed by atoms with Gasteiger partial charge in [-0.15, -0.1) is 10.2 Å². The minimum Gasteiger partial charge on any atom is -0.478 e. The SMILES string of the molecule is CCc1oc(C(=O)N2CCn3c(nnc3-c3ccccc3)C2)cc1C(=O)O. The molecule has 0 fully saturated rings. The molecule has 1 N–H and O–H groups in total. The number of carboxylic acids is 1. The van der Waals surface area contributed by atoms with Crippen molar-refractivity contribution in [3.8, 4) is 11.4 Å². The Morgan fingerprint density at radius 2 is 1.96 bits per heavy atom. The van der Waals surface area contributed by atoms with E-state index in [-0.39, 0.29) is 17.2 Å². The number of hydrogen-bond acceptors (Lipinski definition) is 5. The molecule has 8 heteroatoms. The molecule has 27 heavy (non-hydrogen) atoms. The van der Waals surface area contributed by atoms with Gasteiger partial charge in [0, 0.05) is 31.1 Å². The van der Waals surface area contributed by atoms with Crippen LogP contribution in [0.1, 0.15) is 39.4 Å². The van der Waals surface area contributed by atoms with Gasteiger partial charge in [-0.05, 0) is 0 Å². The van der Waals surface area contributed by atoms with Gasteiger partial charge in [-0.1, -0.05) is 37.3 Å². The molecule has 0 aliphatic carbocycles. The number of carbonyl (C=O) groups excluding carboxylic acids is 1. The summed E-state index contributed by atoms with van der Waals surface area (Å²) in [5.74, 6) is 0.373. The Hall–Kier alpha value is -3.42. The molecule has 0 bridgehead atoms. The Morgan fingerprint density at radius 1 is 1.19 bits per heavy atom. The Kier molecular flexibility index (Phi) is 4.23. The number of rotatable bonds is 4. The monoisotopic (exact) mass is 366 g/mol. The first-order chi connectivity index (χ1) is 13.1. The predicted octanol–water partition coefficient (Wildman–Crippen LogP) is 2.45. The van der Waals surface area contributed by atoms with E-state index in [4.69, 9.17) is 4.42 Å². The summed E-state index contributed by atoms with van der Waals surface area (Å²) in [4.78, 5) is 25.7. The molecule has 138 valence electrons. The van der Waals surface area contributed by atoms with E-state index in [1.807, 2.05) is 34.9 Å². The van der Waals surface area contributed by atoms with Crippen molar-refractivity contribution in [3.05, 3.63) is 59.3 Å². The van der Waals surface area contributed by atoms with E-state index >= 15 is 0 Å². The lowest BCUT2D eigenvalue weighted by Gasteiger charge is -2.27. The van der Waals surface area contributed by atoms with Crippen molar-refractivity contribution in [3.63, 3.8) is 0 Å². The van der Waals surface area contributed by atoms with Crippen molar-refractivity contribution in [2.24, 2.45) is 0 Å². The zero-order chi connectivity index (χ0) is 19.0. The molecule has 1 amide bonds. The number of nitrogens with zero attached hydrogens (tertiary/aromatic N) is 4. The van der Waals surface area contributed by atoms with Crippen LogP contribution in [0.4, 0.5) is 0 Å². The summed E-state index contributed by atoms with van der Waals surface area (Å²) in [5.41, 5.74) is 1.01. The van der Waals surface area contributed by atoms with Gasteiger partial charge in [0.15, 0.2) is 17.4 Å². The molecule has 3 aromatic rings. The number of amides is 1. The molecule has 0 spiro atoms. The lowest BCUT2D eigenvalue weighted by Crippen LogP contribution is -2.38. The third-order valence-electron chi connectivity index (χ3n) is 4.64. The van der Waals surface area contributed by atoms with Crippen molar-refractivity contribution in [2.45, 2.75) is 26.4 Å². The molecule has 8 nitrogen and oxygen atoms in total. The molecule has 4 rings (SSSR count). The number of aromatic nitrogens is 3. The normalized spacial score (nSPS) is 13.4. The smallest absolute Gasteiger partial charge is 0.339 e. The van der Waals surface area contributed by atoms with E-state index in [9.17, 15) is 14.7 Å². The summed E-state index contributed by atoms with van der Waals surface area (Å²) < 4.78 is 7.49. The van der Waals surface area contributed by atoms with Gasteiger partial charge in [0.1, 0.15) is 11.3 Å². The first-order valence-electron chi connectivity index (χ1n) is 8.71. The minimum absolute atomic E-state index is 0.0346. The zero-order valence-corrected chi connectivity index (χ0v) is 14.8.